The van der Waals surface area contributed by atoms with Crippen molar-refractivity contribution < 1.29 is 9.53 Å². The van der Waals surface area contributed by atoms with E-state index in [-0.39, 0.29) is 5.97 Å². The Morgan fingerprint density at radius 3 is 2.33 bits per heavy atom. The lowest BCUT2D eigenvalue weighted by Gasteiger charge is -2.20. The van der Waals surface area contributed by atoms with E-state index in [2.05, 4.69) is 13.0 Å². The van der Waals surface area contributed by atoms with Crippen molar-refractivity contribution in [2.45, 2.75) is 47.1 Å². The third kappa shape index (κ3) is 3.73. The molecule has 98 valence electrons. The minimum atomic E-state index is -0.457. The summed E-state index contributed by atoms with van der Waals surface area (Å²) in [5, 5.41) is 0. The van der Waals surface area contributed by atoms with Gasteiger partial charge in [0.15, 0.2) is 0 Å². The molecule has 0 aliphatic rings. The van der Waals surface area contributed by atoms with E-state index in [9.17, 15) is 4.79 Å². The lowest BCUT2D eigenvalue weighted by Crippen LogP contribution is -2.24. The second-order valence-electron chi connectivity index (χ2n) is 5.50. The van der Waals surface area contributed by atoms with Gasteiger partial charge >= 0.3 is 5.97 Å². The molecule has 0 atom stereocenters. The Bertz CT molecular complexity index is 476. The third-order valence-corrected chi connectivity index (χ3v) is 2.73. The van der Waals surface area contributed by atoms with Crippen LogP contribution in [0.4, 0.5) is 0 Å². The molecule has 0 heterocycles. The minimum absolute atomic E-state index is 0.260. The van der Waals surface area contributed by atoms with Crippen LogP contribution in [0.2, 0.25) is 0 Å². The summed E-state index contributed by atoms with van der Waals surface area (Å²) in [7, 11) is 0. The molecular weight excluding hydrogens is 224 g/mol. The molecular formula is C16H22O2. The molecule has 0 amide bonds. The number of ether oxygens (including phenoxy) is 1. The molecule has 2 heteroatoms. The number of rotatable bonds is 2. The fraction of sp³-hybridized carbons (Fsp3) is 0.438. The largest absolute Gasteiger partial charge is 0.456 e. The van der Waals surface area contributed by atoms with E-state index in [1.165, 1.54) is 5.57 Å². The molecule has 0 N–H and O–H groups in total. The molecule has 0 saturated heterocycles. The van der Waals surface area contributed by atoms with Gasteiger partial charge in [-0.15, -0.1) is 0 Å². The van der Waals surface area contributed by atoms with Gasteiger partial charge in [0.1, 0.15) is 5.60 Å². The number of allylic oxidation sites excluding steroid dienone is 2. The van der Waals surface area contributed by atoms with Crippen molar-refractivity contribution in [3.63, 3.8) is 0 Å². The van der Waals surface area contributed by atoms with Crippen molar-refractivity contribution in [1.82, 2.24) is 0 Å². The standard InChI is InChI=1S/C16H22O2/c1-7-11(2)13-8-9-14(12(3)10-13)15(17)18-16(4,5)6/h7-10H,1-6H3. The van der Waals surface area contributed by atoms with Gasteiger partial charge < -0.3 is 4.74 Å². The van der Waals surface area contributed by atoms with Gasteiger partial charge in [-0.3, -0.25) is 0 Å². The van der Waals surface area contributed by atoms with Crippen molar-refractivity contribution in [1.29, 1.82) is 0 Å². The fourth-order valence-corrected chi connectivity index (χ4v) is 1.64. The summed E-state index contributed by atoms with van der Waals surface area (Å²) in [6.45, 7) is 11.6. The van der Waals surface area contributed by atoms with Gasteiger partial charge in [-0.05, 0) is 64.3 Å². The first-order valence-electron chi connectivity index (χ1n) is 6.22. The molecule has 0 saturated carbocycles. The summed E-state index contributed by atoms with van der Waals surface area (Å²) < 4.78 is 5.38. The quantitative estimate of drug-likeness (QED) is 0.724. The van der Waals surface area contributed by atoms with Crippen molar-refractivity contribution >= 4 is 11.5 Å². The smallest absolute Gasteiger partial charge is 0.338 e. The topological polar surface area (TPSA) is 26.3 Å². The van der Waals surface area contributed by atoms with E-state index in [0.29, 0.717) is 5.56 Å². The summed E-state index contributed by atoms with van der Waals surface area (Å²) in [6.07, 6.45) is 2.06. The van der Waals surface area contributed by atoms with Gasteiger partial charge in [0.2, 0.25) is 0 Å². The summed E-state index contributed by atoms with van der Waals surface area (Å²) in [6, 6.07) is 5.82. The number of hydrogen-bond donors (Lipinski definition) is 0. The highest BCUT2D eigenvalue weighted by Crippen LogP contribution is 2.20. The highest BCUT2D eigenvalue weighted by molar-refractivity contribution is 5.91. The monoisotopic (exact) mass is 246 g/mol. The molecule has 1 aromatic carbocycles. The van der Waals surface area contributed by atoms with Crippen LogP contribution in [0.1, 0.15) is 56.1 Å². The first-order chi connectivity index (χ1) is 8.24. The Morgan fingerprint density at radius 2 is 1.89 bits per heavy atom. The van der Waals surface area contributed by atoms with Crippen LogP contribution in [-0.4, -0.2) is 11.6 Å². The third-order valence-electron chi connectivity index (χ3n) is 2.73. The van der Waals surface area contributed by atoms with E-state index in [1.807, 2.05) is 52.8 Å². The molecule has 18 heavy (non-hydrogen) atoms. The maximum Gasteiger partial charge on any atom is 0.338 e. The van der Waals surface area contributed by atoms with E-state index >= 15 is 0 Å². The molecule has 2 nitrogen and oxygen atoms in total. The zero-order valence-corrected chi connectivity index (χ0v) is 12.1. The van der Waals surface area contributed by atoms with Crippen LogP contribution >= 0.6 is 0 Å². The van der Waals surface area contributed by atoms with Crippen LogP contribution in [0.15, 0.2) is 24.3 Å². The second kappa shape index (κ2) is 5.38. The predicted octanol–water partition coefficient (Wildman–Crippen LogP) is 4.37. The van der Waals surface area contributed by atoms with Crippen LogP contribution in [0, 0.1) is 6.92 Å². The zero-order chi connectivity index (χ0) is 13.9. The highest BCUT2D eigenvalue weighted by Gasteiger charge is 2.19. The Morgan fingerprint density at radius 1 is 1.28 bits per heavy atom. The maximum atomic E-state index is 12.0. The highest BCUT2D eigenvalue weighted by atomic mass is 16.6. The van der Waals surface area contributed by atoms with Crippen LogP contribution in [0.25, 0.3) is 5.57 Å². The minimum Gasteiger partial charge on any atom is -0.456 e. The van der Waals surface area contributed by atoms with E-state index < -0.39 is 5.60 Å². The average Bonchev–Trinajstić information content (AvgIpc) is 2.25. The van der Waals surface area contributed by atoms with Crippen molar-refractivity contribution in [3.05, 3.63) is 41.0 Å². The Balaban J connectivity index is 3.03. The molecule has 0 aliphatic heterocycles. The molecule has 0 radical (unpaired) electrons. The van der Waals surface area contributed by atoms with Crippen LogP contribution in [0.3, 0.4) is 0 Å². The Kier molecular flexibility index (Phi) is 4.33. The zero-order valence-electron chi connectivity index (χ0n) is 12.1. The fourth-order valence-electron chi connectivity index (χ4n) is 1.64. The van der Waals surface area contributed by atoms with Crippen molar-refractivity contribution in [2.24, 2.45) is 0 Å². The molecule has 0 aromatic heterocycles. The molecule has 1 aromatic rings. The summed E-state index contributed by atoms with van der Waals surface area (Å²) in [4.78, 5) is 12.0. The predicted molar refractivity (Wildman–Crippen MR) is 75.7 cm³/mol. The second-order valence-corrected chi connectivity index (χ2v) is 5.50. The molecule has 0 aliphatic carbocycles. The Labute approximate surface area is 110 Å². The van der Waals surface area contributed by atoms with E-state index in [4.69, 9.17) is 4.74 Å². The number of aryl methyl sites for hydroxylation is 1. The lowest BCUT2D eigenvalue weighted by atomic mass is 10.0. The molecule has 0 fully saturated rings. The summed E-state index contributed by atoms with van der Waals surface area (Å²) in [5.74, 6) is -0.260. The Hall–Kier alpha value is -1.57. The van der Waals surface area contributed by atoms with Gasteiger partial charge in [-0.1, -0.05) is 18.2 Å². The van der Waals surface area contributed by atoms with Gasteiger partial charge in [-0.2, -0.15) is 0 Å². The first-order valence-corrected chi connectivity index (χ1v) is 6.22. The lowest BCUT2D eigenvalue weighted by molar-refractivity contribution is 0.00688. The average molecular weight is 246 g/mol. The van der Waals surface area contributed by atoms with Crippen LogP contribution < -0.4 is 0 Å². The first kappa shape index (κ1) is 14.5. The normalized spacial score (nSPS) is 12.4. The molecule has 0 unspecified atom stereocenters. The van der Waals surface area contributed by atoms with E-state index in [0.717, 1.165) is 11.1 Å². The number of carbonyl (C=O) groups is 1. The molecule has 0 bridgehead atoms. The van der Waals surface area contributed by atoms with Gasteiger partial charge in [0, 0.05) is 0 Å². The SMILES string of the molecule is CC=C(C)c1ccc(C(=O)OC(C)(C)C)c(C)c1. The molecule has 1 rings (SSSR count). The van der Waals surface area contributed by atoms with Gasteiger partial charge in [0.25, 0.3) is 0 Å². The van der Waals surface area contributed by atoms with Gasteiger partial charge in [-0.25, -0.2) is 4.79 Å². The number of carbonyl (C=O) groups excluding carboxylic acids is 1. The van der Waals surface area contributed by atoms with Crippen molar-refractivity contribution in [3.8, 4) is 0 Å². The maximum absolute atomic E-state index is 12.0. The summed E-state index contributed by atoms with van der Waals surface area (Å²) in [5.41, 5.74) is 3.47. The number of esters is 1. The summed E-state index contributed by atoms with van der Waals surface area (Å²) >= 11 is 0. The van der Waals surface area contributed by atoms with Crippen molar-refractivity contribution in [2.75, 3.05) is 0 Å². The van der Waals surface area contributed by atoms with Gasteiger partial charge in [0.05, 0.1) is 5.56 Å². The van der Waals surface area contributed by atoms with E-state index in [1.54, 1.807) is 0 Å². The number of hydrogen-bond acceptors (Lipinski definition) is 2. The number of benzene rings is 1. The molecule has 0 spiro atoms. The van der Waals surface area contributed by atoms with Crippen LogP contribution in [-0.2, 0) is 4.74 Å². The van der Waals surface area contributed by atoms with Crippen LogP contribution in [0.5, 0.6) is 0 Å².